The van der Waals surface area contributed by atoms with Crippen LogP contribution in [0, 0.1) is 0 Å². The Balaban J connectivity index is 1.52. The Hall–Kier alpha value is -2.92. The fraction of sp³-hybridized carbons (Fsp3) is 0.150. The highest BCUT2D eigenvalue weighted by Crippen LogP contribution is 2.11. The summed E-state index contributed by atoms with van der Waals surface area (Å²) in [5, 5.41) is 6.76. The molecule has 1 amide bonds. The van der Waals surface area contributed by atoms with Gasteiger partial charge in [0, 0.05) is 24.2 Å². The van der Waals surface area contributed by atoms with E-state index in [-0.39, 0.29) is 5.91 Å². The van der Waals surface area contributed by atoms with Crippen LogP contribution in [0.25, 0.3) is 0 Å². The van der Waals surface area contributed by atoms with Crippen molar-refractivity contribution < 1.29 is 4.79 Å². The molecule has 132 valence electrons. The van der Waals surface area contributed by atoms with Crippen LogP contribution in [-0.4, -0.2) is 22.4 Å². The Kier molecular flexibility index (Phi) is 6.17. The Morgan fingerprint density at radius 2 is 1.77 bits per heavy atom. The largest absolute Gasteiger partial charge is 0.366 e. The molecule has 0 aliphatic carbocycles. The number of amides is 1. The summed E-state index contributed by atoms with van der Waals surface area (Å²) in [6.45, 7) is 1.14. The maximum Gasteiger partial charge on any atom is 0.270 e. The van der Waals surface area contributed by atoms with Crippen LogP contribution >= 0.6 is 11.6 Å². The molecule has 0 unspecified atom stereocenters. The first kappa shape index (κ1) is 17.9. The summed E-state index contributed by atoms with van der Waals surface area (Å²) in [5.41, 5.74) is 2.55. The van der Waals surface area contributed by atoms with E-state index in [0.29, 0.717) is 36.0 Å². The molecule has 2 aromatic carbocycles. The number of carbonyl (C=O) groups is 1. The number of benzene rings is 2. The van der Waals surface area contributed by atoms with Crippen molar-refractivity contribution in [2.45, 2.75) is 13.0 Å². The molecule has 1 heterocycles. The Labute approximate surface area is 157 Å². The third-order valence-corrected chi connectivity index (χ3v) is 4.04. The van der Waals surface area contributed by atoms with Crippen molar-refractivity contribution in [3.05, 3.63) is 88.8 Å². The summed E-state index contributed by atoms with van der Waals surface area (Å²) in [6, 6.07) is 19.2. The van der Waals surface area contributed by atoms with Gasteiger partial charge in [-0.1, -0.05) is 54.1 Å². The average molecular weight is 367 g/mol. The number of aromatic nitrogens is 2. The molecule has 0 aliphatic heterocycles. The molecule has 26 heavy (non-hydrogen) atoms. The first-order chi connectivity index (χ1) is 12.7. The van der Waals surface area contributed by atoms with Gasteiger partial charge in [0.2, 0.25) is 0 Å². The fourth-order valence-corrected chi connectivity index (χ4v) is 2.68. The number of anilines is 1. The van der Waals surface area contributed by atoms with Crippen molar-refractivity contribution in [1.82, 2.24) is 15.3 Å². The van der Waals surface area contributed by atoms with Gasteiger partial charge >= 0.3 is 0 Å². The smallest absolute Gasteiger partial charge is 0.270 e. The molecule has 0 atom stereocenters. The zero-order chi connectivity index (χ0) is 18.2. The summed E-state index contributed by atoms with van der Waals surface area (Å²) in [7, 11) is 0. The number of hydrogen-bond acceptors (Lipinski definition) is 4. The van der Waals surface area contributed by atoms with Gasteiger partial charge in [-0.15, -0.1) is 0 Å². The lowest BCUT2D eigenvalue weighted by molar-refractivity contribution is 0.0949. The highest BCUT2D eigenvalue weighted by Gasteiger charge is 2.08. The Morgan fingerprint density at radius 3 is 2.58 bits per heavy atom. The highest BCUT2D eigenvalue weighted by atomic mass is 35.5. The number of nitrogens with zero attached hydrogens (tertiary/aromatic N) is 2. The summed E-state index contributed by atoms with van der Waals surface area (Å²) < 4.78 is 0. The fourth-order valence-electron chi connectivity index (χ4n) is 2.47. The maximum atomic E-state index is 12.3. The van der Waals surface area contributed by atoms with E-state index in [1.54, 1.807) is 6.07 Å². The molecule has 0 saturated carbocycles. The second kappa shape index (κ2) is 8.97. The first-order valence-corrected chi connectivity index (χ1v) is 8.71. The van der Waals surface area contributed by atoms with Crippen LogP contribution in [0.2, 0.25) is 5.02 Å². The van der Waals surface area contributed by atoms with E-state index in [2.05, 4.69) is 20.6 Å². The van der Waals surface area contributed by atoms with Gasteiger partial charge in [0.15, 0.2) is 0 Å². The molecule has 0 aliphatic rings. The van der Waals surface area contributed by atoms with Crippen LogP contribution < -0.4 is 10.6 Å². The second-order valence-electron chi connectivity index (χ2n) is 5.76. The van der Waals surface area contributed by atoms with Crippen LogP contribution in [0.1, 0.15) is 21.6 Å². The highest BCUT2D eigenvalue weighted by molar-refractivity contribution is 6.30. The molecular weight excluding hydrogens is 348 g/mol. The quantitative estimate of drug-likeness (QED) is 0.668. The molecule has 3 aromatic rings. The van der Waals surface area contributed by atoms with E-state index >= 15 is 0 Å². The third kappa shape index (κ3) is 5.29. The monoisotopic (exact) mass is 366 g/mol. The van der Waals surface area contributed by atoms with Crippen LogP contribution in [0.3, 0.4) is 0 Å². The van der Waals surface area contributed by atoms with Gasteiger partial charge in [-0.2, -0.15) is 0 Å². The van der Waals surface area contributed by atoms with Gasteiger partial charge in [-0.3, -0.25) is 4.79 Å². The number of nitrogens with one attached hydrogen (secondary N) is 2. The molecular formula is C20H19ClN4O. The third-order valence-electron chi connectivity index (χ3n) is 3.80. The number of rotatable bonds is 7. The van der Waals surface area contributed by atoms with Crippen molar-refractivity contribution in [3.63, 3.8) is 0 Å². The predicted octanol–water partition coefficient (Wildman–Crippen LogP) is 3.71. The topological polar surface area (TPSA) is 66.9 Å². The summed E-state index contributed by atoms with van der Waals surface area (Å²) in [5.74, 6) is 0.390. The van der Waals surface area contributed by atoms with Gasteiger partial charge in [0.25, 0.3) is 5.91 Å². The van der Waals surface area contributed by atoms with Crippen LogP contribution in [0.5, 0.6) is 0 Å². The Bertz CT molecular complexity index is 870. The molecule has 5 nitrogen and oxygen atoms in total. The zero-order valence-corrected chi connectivity index (χ0v) is 14.9. The van der Waals surface area contributed by atoms with Gasteiger partial charge in [-0.05, 0) is 29.7 Å². The van der Waals surface area contributed by atoms with E-state index in [0.717, 1.165) is 11.1 Å². The molecule has 2 N–H and O–H groups in total. The SMILES string of the molecule is O=C(NCCc1cccc(Cl)c1)c1cc(NCc2ccccc2)ncn1. The lowest BCUT2D eigenvalue weighted by Crippen LogP contribution is -2.26. The molecule has 1 aromatic heterocycles. The van der Waals surface area contributed by atoms with E-state index in [4.69, 9.17) is 11.6 Å². The molecule has 0 saturated heterocycles. The number of carbonyl (C=O) groups excluding carboxylic acids is 1. The molecule has 6 heteroatoms. The minimum absolute atomic E-state index is 0.225. The average Bonchev–Trinajstić information content (AvgIpc) is 2.67. The molecule has 0 fully saturated rings. The van der Waals surface area contributed by atoms with Gasteiger partial charge in [0.05, 0.1) is 0 Å². The zero-order valence-electron chi connectivity index (χ0n) is 14.2. The van der Waals surface area contributed by atoms with Crippen molar-refractivity contribution >= 4 is 23.3 Å². The van der Waals surface area contributed by atoms with Crippen LogP contribution in [0.4, 0.5) is 5.82 Å². The molecule has 0 bridgehead atoms. The van der Waals surface area contributed by atoms with E-state index < -0.39 is 0 Å². The standard InChI is InChI=1S/C20H19ClN4O/c21-17-8-4-7-15(11-17)9-10-22-20(26)18-12-19(25-14-24-18)23-13-16-5-2-1-3-6-16/h1-8,11-12,14H,9-10,13H2,(H,22,26)(H,23,24,25). The first-order valence-electron chi connectivity index (χ1n) is 8.33. The second-order valence-corrected chi connectivity index (χ2v) is 6.20. The van der Waals surface area contributed by atoms with Gasteiger partial charge in [0.1, 0.15) is 17.8 Å². The molecule has 0 radical (unpaired) electrons. The van der Waals surface area contributed by atoms with Crippen LogP contribution in [-0.2, 0) is 13.0 Å². The van der Waals surface area contributed by atoms with Crippen molar-refractivity contribution in [3.8, 4) is 0 Å². The Morgan fingerprint density at radius 1 is 0.962 bits per heavy atom. The van der Waals surface area contributed by atoms with Crippen molar-refractivity contribution in [1.29, 1.82) is 0 Å². The van der Waals surface area contributed by atoms with E-state index in [9.17, 15) is 4.79 Å². The predicted molar refractivity (Wildman–Crippen MR) is 103 cm³/mol. The lowest BCUT2D eigenvalue weighted by Gasteiger charge is -2.08. The minimum atomic E-state index is -0.225. The van der Waals surface area contributed by atoms with E-state index in [1.165, 1.54) is 6.33 Å². The normalized spacial score (nSPS) is 10.3. The van der Waals surface area contributed by atoms with Crippen LogP contribution in [0.15, 0.2) is 67.0 Å². The maximum absolute atomic E-state index is 12.3. The molecule has 3 rings (SSSR count). The summed E-state index contributed by atoms with van der Waals surface area (Å²) in [6.07, 6.45) is 2.09. The number of halogens is 1. The van der Waals surface area contributed by atoms with Gasteiger partial charge in [-0.25, -0.2) is 9.97 Å². The van der Waals surface area contributed by atoms with Gasteiger partial charge < -0.3 is 10.6 Å². The van der Waals surface area contributed by atoms with E-state index in [1.807, 2.05) is 54.6 Å². The minimum Gasteiger partial charge on any atom is -0.366 e. The molecule has 0 spiro atoms. The van der Waals surface area contributed by atoms with Crippen molar-refractivity contribution in [2.75, 3.05) is 11.9 Å². The summed E-state index contributed by atoms with van der Waals surface area (Å²) in [4.78, 5) is 20.5. The number of hydrogen-bond donors (Lipinski definition) is 2. The summed E-state index contributed by atoms with van der Waals surface area (Å²) >= 11 is 5.96. The van der Waals surface area contributed by atoms with Crippen molar-refractivity contribution in [2.24, 2.45) is 0 Å². The lowest BCUT2D eigenvalue weighted by atomic mass is 10.1.